The maximum atomic E-state index is 12.8. The molecule has 0 aromatic heterocycles. The van der Waals surface area contributed by atoms with Gasteiger partial charge in [-0.1, -0.05) is 0 Å². The zero-order valence-corrected chi connectivity index (χ0v) is 16.4. The zero-order valence-electron chi connectivity index (χ0n) is 16.4. The first-order valence-corrected chi connectivity index (χ1v) is 9.99. The molecule has 0 spiro atoms. The van der Waals surface area contributed by atoms with Gasteiger partial charge in [0, 0.05) is 24.7 Å². The number of hydrogen-bond donors (Lipinski definition) is 0. The summed E-state index contributed by atoms with van der Waals surface area (Å²) in [6.07, 6.45) is 5.11. The summed E-state index contributed by atoms with van der Waals surface area (Å²) in [6, 6.07) is 7.18. The van der Waals surface area contributed by atoms with Crippen molar-refractivity contribution in [3.8, 4) is 17.6 Å². The molecule has 1 saturated carbocycles. The van der Waals surface area contributed by atoms with Crippen molar-refractivity contribution in [2.75, 3.05) is 32.8 Å². The van der Waals surface area contributed by atoms with E-state index in [0.717, 1.165) is 45.2 Å². The Hall–Kier alpha value is -2.75. The van der Waals surface area contributed by atoms with E-state index in [1.807, 2.05) is 11.8 Å². The number of likely N-dealkylation sites (tertiary alicyclic amines) is 1. The van der Waals surface area contributed by atoms with Crippen molar-refractivity contribution in [1.29, 1.82) is 5.26 Å². The lowest BCUT2D eigenvalue weighted by molar-refractivity contribution is -0.134. The van der Waals surface area contributed by atoms with E-state index in [-0.39, 0.29) is 31.0 Å². The number of benzene rings is 1. The highest BCUT2D eigenvalue weighted by atomic mass is 16.5. The third-order valence-corrected chi connectivity index (χ3v) is 5.04. The van der Waals surface area contributed by atoms with Gasteiger partial charge < -0.3 is 19.3 Å². The summed E-state index contributed by atoms with van der Waals surface area (Å²) < 4.78 is 11.3. The molecule has 0 atom stereocenters. The summed E-state index contributed by atoms with van der Waals surface area (Å²) in [5.74, 6) is 0.673. The molecule has 1 aromatic rings. The average Bonchev–Trinajstić information content (AvgIpc) is 3.56. The number of rotatable bonds is 8. The number of amides is 2. The quantitative estimate of drug-likeness (QED) is 0.643. The number of piperidine rings is 1. The Morgan fingerprint density at radius 2 is 1.93 bits per heavy atom. The van der Waals surface area contributed by atoms with Crippen molar-refractivity contribution in [2.24, 2.45) is 0 Å². The Labute approximate surface area is 165 Å². The molecule has 1 aliphatic carbocycles. The summed E-state index contributed by atoms with van der Waals surface area (Å²) in [5, 5.41) is 9.00. The number of nitriles is 1. The second kappa shape index (κ2) is 9.45. The van der Waals surface area contributed by atoms with Crippen LogP contribution in [0, 0.1) is 11.3 Å². The Bertz CT molecular complexity index is 749. The Balaban J connectivity index is 1.69. The van der Waals surface area contributed by atoms with Crippen LogP contribution in [0.3, 0.4) is 0 Å². The van der Waals surface area contributed by atoms with Gasteiger partial charge in [-0.25, -0.2) is 0 Å². The number of ether oxygens (including phenoxy) is 2. The molecule has 0 N–H and O–H groups in total. The Morgan fingerprint density at radius 1 is 1.18 bits per heavy atom. The van der Waals surface area contributed by atoms with Crippen molar-refractivity contribution >= 4 is 11.8 Å². The highest BCUT2D eigenvalue weighted by Crippen LogP contribution is 2.32. The Morgan fingerprint density at radius 3 is 2.57 bits per heavy atom. The van der Waals surface area contributed by atoms with Crippen molar-refractivity contribution < 1.29 is 19.1 Å². The normalized spacial score (nSPS) is 16.2. The van der Waals surface area contributed by atoms with Crippen LogP contribution in [0.1, 0.15) is 49.4 Å². The smallest absolute Gasteiger partial charge is 0.260 e. The lowest BCUT2D eigenvalue weighted by Gasteiger charge is -2.26. The van der Waals surface area contributed by atoms with E-state index in [2.05, 4.69) is 6.07 Å². The molecular formula is C21H27N3O4. The van der Waals surface area contributed by atoms with Crippen LogP contribution in [0.5, 0.6) is 11.5 Å². The number of carbonyl (C=O) groups is 2. The fourth-order valence-electron chi connectivity index (χ4n) is 3.40. The molecule has 1 heterocycles. The molecule has 1 saturated heterocycles. The van der Waals surface area contributed by atoms with Gasteiger partial charge in [-0.2, -0.15) is 5.26 Å². The van der Waals surface area contributed by atoms with Gasteiger partial charge in [0.05, 0.1) is 12.7 Å². The minimum absolute atomic E-state index is 0.0313. The number of carbonyl (C=O) groups excluding carboxylic acids is 2. The van der Waals surface area contributed by atoms with E-state index in [1.54, 1.807) is 23.1 Å². The molecule has 0 radical (unpaired) electrons. The van der Waals surface area contributed by atoms with Crippen molar-refractivity contribution in [3.05, 3.63) is 23.8 Å². The predicted molar refractivity (Wildman–Crippen MR) is 103 cm³/mol. The minimum atomic E-state index is -0.180. The van der Waals surface area contributed by atoms with Crippen molar-refractivity contribution in [2.45, 2.75) is 45.1 Å². The molecule has 2 aliphatic rings. The molecule has 7 nitrogen and oxygen atoms in total. The molecule has 150 valence electrons. The molecule has 1 aromatic carbocycles. The molecule has 7 heteroatoms. The molecular weight excluding hydrogens is 358 g/mol. The van der Waals surface area contributed by atoms with E-state index < -0.39 is 0 Å². The van der Waals surface area contributed by atoms with Crippen LogP contribution in [0.25, 0.3) is 0 Å². The summed E-state index contributed by atoms with van der Waals surface area (Å²) in [7, 11) is 0. The van der Waals surface area contributed by atoms with Crippen LogP contribution in [-0.4, -0.2) is 60.5 Å². The molecule has 0 unspecified atom stereocenters. The number of hydrogen-bond acceptors (Lipinski definition) is 5. The lowest BCUT2D eigenvalue weighted by Crippen LogP contribution is -2.38. The van der Waals surface area contributed by atoms with E-state index in [4.69, 9.17) is 14.7 Å². The second-order valence-corrected chi connectivity index (χ2v) is 7.15. The first kappa shape index (κ1) is 20.0. The van der Waals surface area contributed by atoms with Gasteiger partial charge >= 0.3 is 0 Å². The second-order valence-electron chi connectivity index (χ2n) is 7.15. The van der Waals surface area contributed by atoms with Gasteiger partial charge in [0.1, 0.15) is 6.54 Å². The maximum Gasteiger partial charge on any atom is 0.260 e. The molecule has 28 heavy (non-hydrogen) atoms. The monoisotopic (exact) mass is 385 g/mol. The van der Waals surface area contributed by atoms with E-state index in [1.165, 1.54) is 0 Å². The highest BCUT2D eigenvalue weighted by molar-refractivity contribution is 5.95. The largest absolute Gasteiger partial charge is 0.490 e. The van der Waals surface area contributed by atoms with Crippen LogP contribution < -0.4 is 9.47 Å². The van der Waals surface area contributed by atoms with Gasteiger partial charge in [0.15, 0.2) is 18.1 Å². The topological polar surface area (TPSA) is 82.9 Å². The van der Waals surface area contributed by atoms with Gasteiger partial charge in [-0.15, -0.1) is 0 Å². The standard InChI is InChI=1S/C21H27N3O4/c1-2-27-19-14-16(21(26)24(13-10-22)17-7-8-17)6-9-18(19)28-15-20(25)23-11-4-3-5-12-23/h6,9,14,17H,2-5,7-8,11-13,15H2,1H3. The summed E-state index contributed by atoms with van der Waals surface area (Å²) >= 11 is 0. The van der Waals surface area contributed by atoms with Crippen LogP contribution in [-0.2, 0) is 4.79 Å². The molecule has 1 aliphatic heterocycles. The molecule has 3 rings (SSSR count). The molecule has 0 bridgehead atoms. The SMILES string of the molecule is CCOc1cc(C(=O)N(CC#N)C2CC2)ccc1OCC(=O)N1CCCCC1. The van der Waals surface area contributed by atoms with E-state index in [0.29, 0.717) is 23.7 Å². The van der Waals surface area contributed by atoms with Gasteiger partial charge in [-0.05, 0) is 57.2 Å². The highest BCUT2D eigenvalue weighted by Gasteiger charge is 2.33. The summed E-state index contributed by atoms with van der Waals surface area (Å²) in [6.45, 7) is 3.86. The zero-order chi connectivity index (χ0) is 19.9. The average molecular weight is 385 g/mol. The first-order chi connectivity index (χ1) is 13.6. The van der Waals surface area contributed by atoms with Crippen LogP contribution >= 0.6 is 0 Å². The lowest BCUT2D eigenvalue weighted by atomic mass is 10.1. The summed E-state index contributed by atoms with van der Waals surface area (Å²) in [5.41, 5.74) is 0.459. The third kappa shape index (κ3) is 4.94. The van der Waals surface area contributed by atoms with E-state index >= 15 is 0 Å². The fourth-order valence-corrected chi connectivity index (χ4v) is 3.40. The van der Waals surface area contributed by atoms with Crippen molar-refractivity contribution in [3.63, 3.8) is 0 Å². The van der Waals surface area contributed by atoms with Crippen LogP contribution in [0.2, 0.25) is 0 Å². The van der Waals surface area contributed by atoms with Crippen molar-refractivity contribution in [1.82, 2.24) is 9.80 Å². The van der Waals surface area contributed by atoms with Crippen LogP contribution in [0.4, 0.5) is 0 Å². The molecule has 2 amide bonds. The van der Waals surface area contributed by atoms with Gasteiger partial charge in [0.2, 0.25) is 0 Å². The fraction of sp³-hybridized carbons (Fsp3) is 0.571. The maximum absolute atomic E-state index is 12.8. The van der Waals surface area contributed by atoms with E-state index in [9.17, 15) is 9.59 Å². The van der Waals surface area contributed by atoms with Crippen LogP contribution in [0.15, 0.2) is 18.2 Å². The Kier molecular flexibility index (Phi) is 6.75. The predicted octanol–water partition coefficient (Wildman–Crippen LogP) is 2.60. The van der Waals surface area contributed by atoms with Gasteiger partial charge in [-0.3, -0.25) is 9.59 Å². The van der Waals surface area contributed by atoms with Gasteiger partial charge in [0.25, 0.3) is 11.8 Å². The third-order valence-electron chi connectivity index (χ3n) is 5.04. The summed E-state index contributed by atoms with van der Waals surface area (Å²) in [4.78, 5) is 28.5. The first-order valence-electron chi connectivity index (χ1n) is 9.99. The minimum Gasteiger partial charge on any atom is -0.490 e. The number of nitrogens with zero attached hydrogens (tertiary/aromatic N) is 3. The molecule has 2 fully saturated rings.